The number of halogens is 1. The monoisotopic (exact) mass is 525 g/mol. The van der Waals surface area contributed by atoms with Crippen molar-refractivity contribution in [2.24, 2.45) is 5.92 Å². The molecular formula is C23H28ClN3O5S2. The molecule has 0 spiro atoms. The van der Waals surface area contributed by atoms with Crippen LogP contribution >= 0.6 is 11.6 Å². The van der Waals surface area contributed by atoms with Gasteiger partial charge in [0.05, 0.1) is 15.7 Å². The molecule has 2 aliphatic rings. The summed E-state index contributed by atoms with van der Waals surface area (Å²) in [6.45, 7) is 1.81. The summed E-state index contributed by atoms with van der Waals surface area (Å²) in [7, 11) is -7.18. The van der Waals surface area contributed by atoms with E-state index in [-0.39, 0.29) is 28.8 Å². The van der Waals surface area contributed by atoms with Crippen molar-refractivity contribution in [1.82, 2.24) is 13.9 Å². The lowest BCUT2D eigenvalue weighted by Crippen LogP contribution is -2.45. The van der Waals surface area contributed by atoms with Gasteiger partial charge >= 0.3 is 0 Å². The number of carbonyl (C=O) groups excluding carboxylic acids is 1. The highest BCUT2D eigenvalue weighted by Crippen LogP contribution is 2.25. The first-order valence-electron chi connectivity index (χ1n) is 11.3. The van der Waals surface area contributed by atoms with Gasteiger partial charge in [0.15, 0.2) is 0 Å². The summed E-state index contributed by atoms with van der Waals surface area (Å²) in [5.41, 5.74) is 0.773. The van der Waals surface area contributed by atoms with Gasteiger partial charge in [-0.05, 0) is 67.6 Å². The summed E-state index contributed by atoms with van der Waals surface area (Å²) in [6.07, 6.45) is 2.95. The van der Waals surface area contributed by atoms with Crippen molar-refractivity contribution in [3.8, 4) is 0 Å². The van der Waals surface area contributed by atoms with Gasteiger partial charge in [-0.3, -0.25) is 4.79 Å². The number of piperidine rings is 1. The van der Waals surface area contributed by atoms with Crippen LogP contribution in [0.5, 0.6) is 0 Å². The van der Waals surface area contributed by atoms with Gasteiger partial charge in [0.1, 0.15) is 0 Å². The minimum absolute atomic E-state index is 0.115. The second kappa shape index (κ2) is 10.3. The number of carbonyl (C=O) groups is 1. The van der Waals surface area contributed by atoms with E-state index in [1.807, 2.05) is 0 Å². The van der Waals surface area contributed by atoms with Gasteiger partial charge in [-0.15, -0.1) is 0 Å². The van der Waals surface area contributed by atoms with Crippen molar-refractivity contribution >= 4 is 37.6 Å². The fourth-order valence-corrected chi connectivity index (χ4v) is 7.49. The maximum absolute atomic E-state index is 13.0. The molecule has 0 saturated carbocycles. The molecular weight excluding hydrogens is 498 g/mol. The molecule has 4 rings (SSSR count). The van der Waals surface area contributed by atoms with Crippen LogP contribution in [0.1, 0.15) is 31.2 Å². The zero-order chi connectivity index (χ0) is 24.3. The third-order valence-electron chi connectivity index (χ3n) is 6.30. The Morgan fingerprint density at radius 1 is 0.824 bits per heavy atom. The summed E-state index contributed by atoms with van der Waals surface area (Å²) in [6, 6.07) is 12.5. The SMILES string of the molecule is O=C(NCc1ccc(S(=O)(=O)N2CCCC2)cc1)[C@@H]1CCCN(S(=O)(=O)c2ccc(Cl)cc2)C1. The highest BCUT2D eigenvalue weighted by molar-refractivity contribution is 7.89. The second-order valence-corrected chi connectivity index (χ2v) is 12.9. The smallest absolute Gasteiger partial charge is 0.243 e. The van der Waals surface area contributed by atoms with Crippen LogP contribution in [0.15, 0.2) is 58.3 Å². The molecule has 8 nitrogen and oxygen atoms in total. The molecule has 1 N–H and O–H groups in total. The summed E-state index contributed by atoms with van der Waals surface area (Å²) in [5.74, 6) is -0.671. The van der Waals surface area contributed by atoms with Gasteiger partial charge in [0, 0.05) is 37.7 Å². The number of sulfonamides is 2. The van der Waals surface area contributed by atoms with E-state index in [0.717, 1.165) is 18.4 Å². The molecule has 2 aliphatic heterocycles. The normalized spacial score (nSPS) is 20.3. The second-order valence-electron chi connectivity index (χ2n) is 8.63. The average molecular weight is 526 g/mol. The fraction of sp³-hybridized carbons (Fsp3) is 0.435. The highest BCUT2D eigenvalue weighted by atomic mass is 35.5. The first kappa shape index (κ1) is 25.1. The summed E-state index contributed by atoms with van der Waals surface area (Å²) in [5, 5.41) is 3.32. The molecule has 2 aromatic rings. The Labute approximate surface area is 206 Å². The van der Waals surface area contributed by atoms with Gasteiger partial charge < -0.3 is 5.32 Å². The Morgan fingerprint density at radius 3 is 1.97 bits per heavy atom. The predicted octanol–water partition coefficient (Wildman–Crippen LogP) is 2.84. The van der Waals surface area contributed by atoms with Crippen molar-refractivity contribution in [1.29, 1.82) is 0 Å². The molecule has 0 bridgehead atoms. The third-order valence-corrected chi connectivity index (χ3v) is 10.3. The largest absolute Gasteiger partial charge is 0.352 e. The van der Waals surface area contributed by atoms with Gasteiger partial charge in [-0.2, -0.15) is 8.61 Å². The Bertz CT molecular complexity index is 1230. The summed E-state index contributed by atoms with van der Waals surface area (Å²) < 4.78 is 54.0. The number of nitrogens with one attached hydrogen (secondary N) is 1. The van der Waals surface area contributed by atoms with E-state index in [9.17, 15) is 21.6 Å². The van der Waals surface area contributed by atoms with E-state index in [1.165, 1.54) is 32.9 Å². The molecule has 1 amide bonds. The summed E-state index contributed by atoms with van der Waals surface area (Å²) >= 11 is 5.86. The molecule has 0 unspecified atom stereocenters. The van der Waals surface area contributed by atoms with Crippen LogP contribution in [0.25, 0.3) is 0 Å². The minimum atomic E-state index is -3.70. The molecule has 184 valence electrons. The zero-order valence-electron chi connectivity index (χ0n) is 18.7. The topological polar surface area (TPSA) is 104 Å². The number of hydrogen-bond donors (Lipinski definition) is 1. The van der Waals surface area contributed by atoms with Gasteiger partial charge in [0.2, 0.25) is 26.0 Å². The van der Waals surface area contributed by atoms with Crippen molar-refractivity contribution in [3.05, 3.63) is 59.1 Å². The maximum Gasteiger partial charge on any atom is 0.243 e. The zero-order valence-corrected chi connectivity index (χ0v) is 21.1. The van der Waals surface area contributed by atoms with Crippen molar-refractivity contribution in [3.63, 3.8) is 0 Å². The molecule has 34 heavy (non-hydrogen) atoms. The van der Waals surface area contributed by atoms with Crippen molar-refractivity contribution in [2.45, 2.75) is 42.0 Å². The maximum atomic E-state index is 13.0. The Balaban J connectivity index is 1.35. The lowest BCUT2D eigenvalue weighted by molar-refractivity contribution is -0.126. The van der Waals surface area contributed by atoms with E-state index in [2.05, 4.69) is 5.32 Å². The van der Waals surface area contributed by atoms with Crippen molar-refractivity contribution in [2.75, 3.05) is 26.2 Å². The molecule has 2 aromatic carbocycles. The number of benzene rings is 2. The molecule has 0 aromatic heterocycles. The van der Waals surface area contributed by atoms with Gasteiger partial charge in [-0.25, -0.2) is 16.8 Å². The molecule has 11 heteroatoms. The summed E-state index contributed by atoms with van der Waals surface area (Å²) in [4.78, 5) is 13.2. The molecule has 2 saturated heterocycles. The lowest BCUT2D eigenvalue weighted by Gasteiger charge is -2.31. The number of rotatable bonds is 7. The first-order valence-corrected chi connectivity index (χ1v) is 14.6. The predicted molar refractivity (Wildman–Crippen MR) is 129 cm³/mol. The standard InChI is InChI=1S/C23H28ClN3O5S2/c24-20-7-11-22(12-8-20)34(31,32)27-15-3-4-19(17-27)23(28)25-16-18-5-9-21(10-6-18)33(29,30)26-13-1-2-14-26/h5-12,19H,1-4,13-17H2,(H,25,28)/t19-/m1/s1. The van der Waals surface area contributed by atoms with E-state index in [4.69, 9.17) is 11.6 Å². The van der Waals surface area contributed by atoms with Crippen LogP contribution < -0.4 is 5.32 Å². The molecule has 2 heterocycles. The minimum Gasteiger partial charge on any atom is -0.352 e. The fourth-order valence-electron chi connectivity index (χ4n) is 4.32. The van der Waals surface area contributed by atoms with Crippen LogP contribution in [0.2, 0.25) is 5.02 Å². The quantitative estimate of drug-likeness (QED) is 0.598. The third kappa shape index (κ3) is 5.46. The van der Waals surface area contributed by atoms with E-state index in [1.54, 1.807) is 24.3 Å². The first-order chi connectivity index (χ1) is 16.2. The number of hydrogen-bond acceptors (Lipinski definition) is 5. The molecule has 0 radical (unpaired) electrons. The van der Waals surface area contributed by atoms with E-state index < -0.39 is 26.0 Å². The average Bonchev–Trinajstić information content (AvgIpc) is 3.39. The van der Waals surface area contributed by atoms with Crippen LogP contribution in [-0.4, -0.2) is 57.5 Å². The Hall–Kier alpha value is -1.98. The highest BCUT2D eigenvalue weighted by Gasteiger charge is 2.33. The molecule has 1 atom stereocenters. The lowest BCUT2D eigenvalue weighted by atomic mass is 9.99. The van der Waals surface area contributed by atoms with E-state index in [0.29, 0.717) is 37.5 Å². The van der Waals surface area contributed by atoms with Gasteiger partial charge in [-0.1, -0.05) is 23.7 Å². The van der Waals surface area contributed by atoms with Crippen molar-refractivity contribution < 1.29 is 21.6 Å². The van der Waals surface area contributed by atoms with Crippen LogP contribution in [0.3, 0.4) is 0 Å². The van der Waals surface area contributed by atoms with Gasteiger partial charge in [0.25, 0.3) is 0 Å². The number of amides is 1. The Kier molecular flexibility index (Phi) is 7.63. The molecule has 0 aliphatic carbocycles. The number of nitrogens with zero attached hydrogens (tertiary/aromatic N) is 2. The van der Waals surface area contributed by atoms with Crippen LogP contribution in [0.4, 0.5) is 0 Å². The Morgan fingerprint density at radius 2 is 1.35 bits per heavy atom. The van der Waals surface area contributed by atoms with E-state index >= 15 is 0 Å². The molecule has 2 fully saturated rings. The van der Waals surface area contributed by atoms with Crippen LogP contribution in [0, 0.1) is 5.92 Å². The van der Waals surface area contributed by atoms with Crippen LogP contribution in [-0.2, 0) is 31.4 Å².